The fourth-order valence-corrected chi connectivity index (χ4v) is 6.99. The molecule has 0 unspecified atom stereocenters. The molecule has 1 amide bonds. The summed E-state index contributed by atoms with van der Waals surface area (Å²) in [5.41, 5.74) is 3.74. The first-order valence-corrected chi connectivity index (χ1v) is 15.7. The Morgan fingerprint density at radius 1 is 0.854 bits per heavy atom. The SMILES string of the molecule is O=C(C[C@@H]1CCNC[C@@H]1Cc1cc(CN2CCN(c3ccccc3)CC2)on1)N1CCC(Cc2ccccc2)CC1. The minimum absolute atomic E-state index is 0.343. The molecule has 0 aliphatic carbocycles. The van der Waals surface area contributed by atoms with Crippen LogP contribution in [-0.2, 0) is 24.2 Å². The Morgan fingerprint density at radius 2 is 1.59 bits per heavy atom. The summed E-state index contributed by atoms with van der Waals surface area (Å²) >= 11 is 0. The van der Waals surface area contributed by atoms with Gasteiger partial charge in [0.05, 0.1) is 12.2 Å². The van der Waals surface area contributed by atoms with Crippen LogP contribution in [0, 0.1) is 17.8 Å². The van der Waals surface area contributed by atoms with Crippen LogP contribution in [0.3, 0.4) is 0 Å². The molecule has 218 valence electrons. The summed E-state index contributed by atoms with van der Waals surface area (Å²) in [6.45, 7) is 8.64. The molecule has 3 fully saturated rings. The molecule has 2 aromatic carbocycles. The van der Waals surface area contributed by atoms with E-state index < -0.39 is 0 Å². The summed E-state index contributed by atoms with van der Waals surface area (Å²) in [5, 5.41) is 8.01. The van der Waals surface area contributed by atoms with Crippen LogP contribution in [0.2, 0.25) is 0 Å². The van der Waals surface area contributed by atoms with Crippen molar-refractivity contribution in [1.29, 1.82) is 0 Å². The predicted molar refractivity (Wildman–Crippen MR) is 163 cm³/mol. The molecule has 3 aliphatic heterocycles. The molecular formula is C34H45N5O2. The maximum absolute atomic E-state index is 13.3. The van der Waals surface area contributed by atoms with Gasteiger partial charge in [0.1, 0.15) is 0 Å². The monoisotopic (exact) mass is 555 g/mol. The van der Waals surface area contributed by atoms with Crippen molar-refractivity contribution in [3.05, 3.63) is 83.7 Å². The highest BCUT2D eigenvalue weighted by Crippen LogP contribution is 2.29. The predicted octanol–water partition coefficient (Wildman–Crippen LogP) is 4.64. The molecular weight excluding hydrogens is 510 g/mol. The van der Waals surface area contributed by atoms with Crippen molar-refractivity contribution in [2.45, 2.75) is 45.1 Å². The smallest absolute Gasteiger partial charge is 0.222 e. The van der Waals surface area contributed by atoms with Gasteiger partial charge in [0.25, 0.3) is 0 Å². The Kier molecular flexibility index (Phi) is 9.33. The number of piperidine rings is 2. The van der Waals surface area contributed by atoms with Crippen LogP contribution in [0.5, 0.6) is 0 Å². The highest BCUT2D eigenvalue weighted by atomic mass is 16.5. The number of carbonyl (C=O) groups excluding carboxylic acids is 1. The Labute approximate surface area is 244 Å². The second-order valence-corrected chi connectivity index (χ2v) is 12.3. The third kappa shape index (κ3) is 7.57. The Hall–Kier alpha value is -3.16. The van der Waals surface area contributed by atoms with Gasteiger partial charge < -0.3 is 19.6 Å². The number of nitrogens with one attached hydrogen (secondary N) is 1. The van der Waals surface area contributed by atoms with Crippen molar-refractivity contribution in [2.75, 3.05) is 57.3 Å². The lowest BCUT2D eigenvalue weighted by Crippen LogP contribution is -2.45. The number of hydrogen-bond acceptors (Lipinski definition) is 6. The quantitative estimate of drug-likeness (QED) is 0.415. The first kappa shape index (κ1) is 28.0. The molecule has 3 saturated heterocycles. The number of benzene rings is 2. The van der Waals surface area contributed by atoms with Crippen molar-refractivity contribution in [3.8, 4) is 0 Å². The second-order valence-electron chi connectivity index (χ2n) is 12.3. The zero-order valence-corrected chi connectivity index (χ0v) is 24.3. The molecule has 0 bridgehead atoms. The van der Waals surface area contributed by atoms with Gasteiger partial charge in [-0.05, 0) is 80.6 Å². The lowest BCUT2D eigenvalue weighted by Gasteiger charge is -2.36. The minimum Gasteiger partial charge on any atom is -0.369 e. The van der Waals surface area contributed by atoms with Crippen LogP contribution in [-0.4, -0.2) is 73.2 Å². The van der Waals surface area contributed by atoms with E-state index in [0.29, 0.717) is 30.1 Å². The van der Waals surface area contributed by atoms with Gasteiger partial charge in [0.2, 0.25) is 5.91 Å². The molecule has 1 N–H and O–H groups in total. The van der Waals surface area contributed by atoms with Crippen molar-refractivity contribution >= 4 is 11.6 Å². The standard InChI is InChI=1S/C34H45N5O2/c40-34(39-15-12-28(13-16-39)21-27-7-3-1-4-8-27)23-29-11-14-35-25-30(29)22-31-24-33(41-36-31)26-37-17-19-38(20-18-37)32-9-5-2-6-10-32/h1-10,24,28-30,35H,11-23,25-26H2/t29-,30-/m0/s1. The molecule has 2 atom stereocenters. The molecule has 3 aromatic rings. The highest BCUT2D eigenvalue weighted by molar-refractivity contribution is 5.76. The van der Waals surface area contributed by atoms with Crippen molar-refractivity contribution in [2.24, 2.45) is 17.8 Å². The Balaban J connectivity index is 0.956. The van der Waals surface area contributed by atoms with E-state index in [1.165, 1.54) is 11.3 Å². The number of anilines is 1. The fraction of sp³-hybridized carbons (Fsp3) is 0.529. The first-order valence-electron chi connectivity index (χ1n) is 15.7. The van der Waals surface area contributed by atoms with Gasteiger partial charge in [-0.1, -0.05) is 53.7 Å². The van der Waals surface area contributed by atoms with E-state index in [0.717, 1.165) is 102 Å². The molecule has 7 nitrogen and oxygen atoms in total. The number of amides is 1. The molecule has 6 rings (SSSR count). The summed E-state index contributed by atoms with van der Waals surface area (Å²) in [4.78, 5) is 20.4. The fourth-order valence-electron chi connectivity index (χ4n) is 6.99. The zero-order valence-electron chi connectivity index (χ0n) is 24.3. The zero-order chi connectivity index (χ0) is 27.9. The first-order chi connectivity index (χ1) is 20.2. The summed E-state index contributed by atoms with van der Waals surface area (Å²) < 4.78 is 5.78. The van der Waals surface area contributed by atoms with E-state index in [2.05, 4.69) is 91.9 Å². The van der Waals surface area contributed by atoms with Crippen LogP contribution in [0.4, 0.5) is 5.69 Å². The van der Waals surface area contributed by atoms with Crippen LogP contribution >= 0.6 is 0 Å². The van der Waals surface area contributed by atoms with E-state index in [1.807, 2.05) is 0 Å². The molecule has 4 heterocycles. The lowest BCUT2D eigenvalue weighted by atomic mass is 9.80. The van der Waals surface area contributed by atoms with Gasteiger partial charge in [0.15, 0.2) is 5.76 Å². The molecule has 7 heteroatoms. The van der Waals surface area contributed by atoms with Gasteiger partial charge in [-0.25, -0.2) is 0 Å². The van der Waals surface area contributed by atoms with Gasteiger partial charge in [-0.2, -0.15) is 0 Å². The van der Waals surface area contributed by atoms with E-state index in [4.69, 9.17) is 4.52 Å². The normalized spacial score (nSPS) is 22.6. The Bertz CT molecular complexity index is 1220. The molecule has 0 radical (unpaired) electrons. The van der Waals surface area contributed by atoms with Gasteiger partial charge >= 0.3 is 0 Å². The van der Waals surface area contributed by atoms with Crippen molar-refractivity contribution in [1.82, 2.24) is 20.3 Å². The average Bonchev–Trinajstić information content (AvgIpc) is 3.46. The molecule has 41 heavy (non-hydrogen) atoms. The van der Waals surface area contributed by atoms with Gasteiger partial charge in [-0.3, -0.25) is 9.69 Å². The van der Waals surface area contributed by atoms with Gasteiger partial charge in [0, 0.05) is 57.4 Å². The molecule has 1 aromatic heterocycles. The maximum Gasteiger partial charge on any atom is 0.222 e. The summed E-state index contributed by atoms with van der Waals surface area (Å²) in [6, 6.07) is 23.6. The minimum atomic E-state index is 0.343. The summed E-state index contributed by atoms with van der Waals surface area (Å²) in [6.07, 6.45) is 5.93. The number of likely N-dealkylation sites (tertiary alicyclic amines) is 1. The van der Waals surface area contributed by atoms with Gasteiger partial charge in [-0.15, -0.1) is 0 Å². The van der Waals surface area contributed by atoms with Crippen LogP contribution in [0.1, 0.15) is 42.7 Å². The van der Waals surface area contributed by atoms with E-state index in [9.17, 15) is 4.79 Å². The summed E-state index contributed by atoms with van der Waals surface area (Å²) in [7, 11) is 0. The largest absolute Gasteiger partial charge is 0.369 e. The molecule has 0 saturated carbocycles. The molecule has 0 spiro atoms. The highest BCUT2D eigenvalue weighted by Gasteiger charge is 2.31. The van der Waals surface area contributed by atoms with Crippen LogP contribution < -0.4 is 10.2 Å². The second kappa shape index (κ2) is 13.7. The maximum atomic E-state index is 13.3. The number of hydrogen-bond donors (Lipinski definition) is 1. The van der Waals surface area contributed by atoms with Crippen molar-refractivity contribution in [3.63, 3.8) is 0 Å². The number of piperazine rings is 1. The summed E-state index contributed by atoms with van der Waals surface area (Å²) in [5.74, 6) is 2.79. The van der Waals surface area contributed by atoms with Crippen LogP contribution in [0.25, 0.3) is 0 Å². The number of nitrogens with zero attached hydrogens (tertiary/aromatic N) is 4. The van der Waals surface area contributed by atoms with Crippen molar-refractivity contribution < 1.29 is 9.32 Å². The third-order valence-electron chi connectivity index (χ3n) is 9.49. The Morgan fingerprint density at radius 3 is 2.34 bits per heavy atom. The topological polar surface area (TPSA) is 64.9 Å². The van der Waals surface area contributed by atoms with E-state index >= 15 is 0 Å². The third-order valence-corrected chi connectivity index (χ3v) is 9.49. The number of carbonyl (C=O) groups is 1. The number of rotatable bonds is 9. The van der Waals surface area contributed by atoms with Crippen LogP contribution in [0.15, 0.2) is 71.3 Å². The van der Waals surface area contributed by atoms with E-state index in [1.54, 1.807) is 0 Å². The lowest BCUT2D eigenvalue weighted by molar-refractivity contribution is -0.134. The average molecular weight is 556 g/mol. The molecule has 3 aliphatic rings. The van der Waals surface area contributed by atoms with E-state index in [-0.39, 0.29) is 0 Å². The number of para-hydroxylation sites is 1. The number of aromatic nitrogens is 1.